The summed E-state index contributed by atoms with van der Waals surface area (Å²) >= 11 is 7.88. The predicted molar refractivity (Wildman–Crippen MR) is 124 cm³/mol. The van der Waals surface area contributed by atoms with Crippen molar-refractivity contribution in [2.45, 2.75) is 17.9 Å². The number of benzene rings is 3. The van der Waals surface area contributed by atoms with Gasteiger partial charge in [-0.05, 0) is 23.1 Å². The van der Waals surface area contributed by atoms with Gasteiger partial charge in [-0.3, -0.25) is 4.79 Å². The molecule has 0 bridgehead atoms. The van der Waals surface area contributed by atoms with Crippen LogP contribution in [0.1, 0.15) is 11.4 Å². The Balaban J connectivity index is 1.29. The second kappa shape index (κ2) is 9.83. The van der Waals surface area contributed by atoms with E-state index in [9.17, 15) is 4.79 Å². The minimum atomic E-state index is 0.00484. The van der Waals surface area contributed by atoms with Gasteiger partial charge in [-0.15, -0.1) is 11.8 Å². The van der Waals surface area contributed by atoms with E-state index in [1.54, 1.807) is 6.20 Å². The summed E-state index contributed by atoms with van der Waals surface area (Å²) in [5, 5.41) is 5.79. The van der Waals surface area contributed by atoms with Crippen molar-refractivity contribution in [2.75, 3.05) is 12.3 Å². The summed E-state index contributed by atoms with van der Waals surface area (Å²) < 4.78 is 2.12. The monoisotopic (exact) mass is 435 g/mol. The lowest BCUT2D eigenvalue weighted by Gasteiger charge is -2.10. The minimum Gasteiger partial charge on any atom is -0.355 e. The van der Waals surface area contributed by atoms with Crippen LogP contribution in [0.15, 0.2) is 84.0 Å². The van der Waals surface area contributed by atoms with Crippen molar-refractivity contribution in [2.24, 2.45) is 0 Å². The summed E-state index contributed by atoms with van der Waals surface area (Å²) in [6.07, 6.45) is 4.47. The molecule has 0 fully saturated rings. The Hall–Kier alpha value is -2.76. The van der Waals surface area contributed by atoms with Gasteiger partial charge in [0.2, 0.25) is 5.91 Å². The number of hydrogen-bond acceptors (Lipinski definition) is 3. The molecule has 1 aromatic heterocycles. The van der Waals surface area contributed by atoms with E-state index in [4.69, 9.17) is 11.6 Å². The second-order valence-electron chi connectivity index (χ2n) is 6.94. The van der Waals surface area contributed by atoms with Crippen LogP contribution in [-0.4, -0.2) is 27.8 Å². The van der Waals surface area contributed by atoms with Crippen molar-refractivity contribution >= 4 is 40.0 Å². The van der Waals surface area contributed by atoms with E-state index in [2.05, 4.69) is 27.0 Å². The summed E-state index contributed by atoms with van der Waals surface area (Å²) in [6.45, 7) is 1.34. The molecule has 4 aromatic rings. The van der Waals surface area contributed by atoms with E-state index in [1.165, 1.54) is 17.3 Å². The molecule has 6 heteroatoms. The molecule has 3 aromatic carbocycles. The molecule has 0 atom stereocenters. The highest BCUT2D eigenvalue weighted by molar-refractivity contribution is 8.00. The lowest BCUT2D eigenvalue weighted by Crippen LogP contribution is -2.28. The fourth-order valence-electron chi connectivity index (χ4n) is 3.38. The van der Waals surface area contributed by atoms with Crippen LogP contribution in [0.2, 0.25) is 5.02 Å². The first kappa shape index (κ1) is 20.5. The summed E-state index contributed by atoms with van der Waals surface area (Å²) in [6, 6.07) is 22.2. The smallest absolute Gasteiger partial charge is 0.230 e. The maximum absolute atomic E-state index is 12.3. The van der Waals surface area contributed by atoms with Gasteiger partial charge in [0.25, 0.3) is 0 Å². The Kier molecular flexibility index (Phi) is 6.72. The van der Waals surface area contributed by atoms with Crippen LogP contribution in [0, 0.1) is 0 Å². The van der Waals surface area contributed by atoms with Crippen LogP contribution in [0.25, 0.3) is 10.8 Å². The van der Waals surface area contributed by atoms with E-state index in [0.29, 0.717) is 23.7 Å². The Morgan fingerprint density at radius 2 is 1.83 bits per heavy atom. The molecule has 0 aliphatic carbocycles. The fraction of sp³-hybridized carbons (Fsp3) is 0.167. The van der Waals surface area contributed by atoms with E-state index in [-0.39, 0.29) is 5.91 Å². The molecule has 0 aliphatic heterocycles. The first-order valence-corrected chi connectivity index (χ1v) is 11.2. The van der Waals surface area contributed by atoms with Crippen molar-refractivity contribution in [1.82, 2.24) is 14.9 Å². The number of imidazole rings is 1. The fourth-order valence-corrected chi connectivity index (χ4v) is 4.66. The number of nitrogens with zero attached hydrogens (tertiary/aromatic N) is 2. The summed E-state index contributed by atoms with van der Waals surface area (Å²) in [4.78, 5) is 17.8. The molecule has 152 valence electrons. The Labute approximate surface area is 185 Å². The van der Waals surface area contributed by atoms with E-state index in [0.717, 1.165) is 28.0 Å². The third kappa shape index (κ3) is 5.04. The molecule has 4 nitrogen and oxygen atoms in total. The molecule has 4 rings (SSSR count). The molecule has 1 amide bonds. The summed E-state index contributed by atoms with van der Waals surface area (Å²) in [7, 11) is 0. The van der Waals surface area contributed by atoms with Crippen molar-refractivity contribution < 1.29 is 4.79 Å². The van der Waals surface area contributed by atoms with Gasteiger partial charge < -0.3 is 9.88 Å². The highest BCUT2D eigenvalue weighted by Gasteiger charge is 2.09. The molecule has 1 heterocycles. The molecule has 0 aliphatic rings. The number of amides is 1. The largest absolute Gasteiger partial charge is 0.355 e. The molecule has 1 N–H and O–H groups in total. The minimum absolute atomic E-state index is 0.00484. The molecule has 0 spiro atoms. The van der Waals surface area contributed by atoms with Gasteiger partial charge in [-0.25, -0.2) is 4.98 Å². The third-order valence-electron chi connectivity index (χ3n) is 4.84. The Bertz CT molecular complexity index is 1140. The molecular formula is C24H22ClN3OS. The first-order chi connectivity index (χ1) is 14.7. The zero-order valence-electron chi connectivity index (χ0n) is 16.4. The average Bonchev–Trinajstić information content (AvgIpc) is 3.20. The van der Waals surface area contributed by atoms with Crippen molar-refractivity contribution in [3.8, 4) is 0 Å². The van der Waals surface area contributed by atoms with Crippen molar-refractivity contribution in [3.05, 3.63) is 95.5 Å². The quantitative estimate of drug-likeness (QED) is 0.387. The number of thioether (sulfide) groups is 1. The molecular weight excluding hydrogens is 414 g/mol. The zero-order valence-corrected chi connectivity index (χ0v) is 18.0. The second-order valence-corrected chi connectivity index (χ2v) is 8.36. The van der Waals surface area contributed by atoms with Gasteiger partial charge in [-0.1, -0.05) is 66.2 Å². The number of carbonyl (C=O) groups is 1. The van der Waals surface area contributed by atoms with Gasteiger partial charge >= 0.3 is 0 Å². The van der Waals surface area contributed by atoms with Crippen LogP contribution in [0.4, 0.5) is 0 Å². The normalized spacial score (nSPS) is 11.0. The van der Waals surface area contributed by atoms with Gasteiger partial charge in [0, 0.05) is 47.2 Å². The number of hydrogen-bond donors (Lipinski definition) is 1. The molecule has 0 saturated heterocycles. The van der Waals surface area contributed by atoms with E-state index in [1.807, 2.05) is 60.8 Å². The molecule has 0 radical (unpaired) electrons. The lowest BCUT2D eigenvalue weighted by atomic mass is 10.1. The van der Waals surface area contributed by atoms with Gasteiger partial charge in [0.15, 0.2) is 0 Å². The van der Waals surface area contributed by atoms with Crippen molar-refractivity contribution in [3.63, 3.8) is 0 Å². The van der Waals surface area contributed by atoms with E-state index >= 15 is 0 Å². The number of aromatic nitrogens is 2. The van der Waals surface area contributed by atoms with Gasteiger partial charge in [0.05, 0.1) is 5.75 Å². The maximum Gasteiger partial charge on any atom is 0.230 e. The SMILES string of the molecule is O=C(CSc1cccc2cccc(Cl)c12)NCCc1nccn1Cc1ccccc1. The van der Waals surface area contributed by atoms with Crippen LogP contribution >= 0.6 is 23.4 Å². The maximum atomic E-state index is 12.3. The lowest BCUT2D eigenvalue weighted by molar-refractivity contribution is -0.118. The Morgan fingerprint density at radius 3 is 2.67 bits per heavy atom. The third-order valence-corrected chi connectivity index (χ3v) is 6.22. The van der Waals surface area contributed by atoms with Gasteiger partial charge in [-0.2, -0.15) is 0 Å². The van der Waals surface area contributed by atoms with Crippen LogP contribution in [-0.2, 0) is 17.8 Å². The molecule has 0 unspecified atom stereocenters. The van der Waals surface area contributed by atoms with Crippen LogP contribution < -0.4 is 5.32 Å². The number of carbonyl (C=O) groups excluding carboxylic acids is 1. The Morgan fingerprint density at radius 1 is 1.03 bits per heavy atom. The standard InChI is InChI=1S/C24H22ClN3OS/c25-20-10-4-8-19-9-5-11-21(24(19)20)30-17-23(29)27-13-12-22-26-14-15-28(22)16-18-6-2-1-3-7-18/h1-11,14-15H,12-13,16-17H2,(H,27,29). The average molecular weight is 436 g/mol. The zero-order chi connectivity index (χ0) is 20.8. The topological polar surface area (TPSA) is 46.9 Å². The molecule has 30 heavy (non-hydrogen) atoms. The summed E-state index contributed by atoms with van der Waals surface area (Å²) in [5.41, 5.74) is 1.23. The van der Waals surface area contributed by atoms with Crippen LogP contribution in [0.5, 0.6) is 0 Å². The highest BCUT2D eigenvalue weighted by Crippen LogP contribution is 2.33. The first-order valence-electron chi connectivity index (χ1n) is 9.81. The highest BCUT2D eigenvalue weighted by atomic mass is 35.5. The molecule has 0 saturated carbocycles. The number of fused-ring (bicyclic) bond motifs is 1. The van der Waals surface area contributed by atoms with E-state index < -0.39 is 0 Å². The predicted octanol–water partition coefficient (Wildman–Crippen LogP) is 5.19. The van der Waals surface area contributed by atoms with Crippen molar-refractivity contribution in [1.29, 1.82) is 0 Å². The number of nitrogens with one attached hydrogen (secondary N) is 1. The number of halogens is 1. The number of rotatable bonds is 8. The van der Waals surface area contributed by atoms with Crippen LogP contribution in [0.3, 0.4) is 0 Å². The van der Waals surface area contributed by atoms with Gasteiger partial charge in [0.1, 0.15) is 5.82 Å². The summed E-state index contributed by atoms with van der Waals surface area (Å²) in [5.74, 6) is 1.32.